The number of nitrogens with two attached hydrogens (primary N) is 1. The van der Waals surface area contributed by atoms with Crippen LogP contribution >= 0.6 is 0 Å². The second-order valence-electron chi connectivity index (χ2n) is 6.05. The lowest BCUT2D eigenvalue weighted by Gasteiger charge is -2.36. The first-order valence-corrected chi connectivity index (χ1v) is 7.97. The van der Waals surface area contributed by atoms with Gasteiger partial charge >= 0.3 is 6.03 Å². The van der Waals surface area contributed by atoms with E-state index in [-0.39, 0.29) is 11.9 Å². The summed E-state index contributed by atoms with van der Waals surface area (Å²) >= 11 is 0. The average molecular weight is 319 g/mol. The van der Waals surface area contributed by atoms with Crippen molar-refractivity contribution < 1.29 is 14.3 Å². The van der Waals surface area contributed by atoms with Gasteiger partial charge in [0.1, 0.15) is 5.75 Å². The average Bonchev–Trinajstić information content (AvgIpc) is 2.54. The molecule has 1 aromatic rings. The Morgan fingerprint density at radius 1 is 1.43 bits per heavy atom. The molecule has 0 bridgehead atoms. The van der Waals surface area contributed by atoms with E-state index in [1.54, 1.807) is 7.11 Å². The van der Waals surface area contributed by atoms with Gasteiger partial charge in [-0.05, 0) is 50.3 Å². The number of nitrogens with zero attached hydrogens (tertiary/aromatic N) is 1. The molecule has 0 unspecified atom stereocenters. The Morgan fingerprint density at radius 2 is 2.17 bits per heavy atom. The monoisotopic (exact) mass is 319 g/mol. The minimum atomic E-state index is -0.801. The zero-order valence-corrected chi connectivity index (χ0v) is 13.7. The zero-order valence-electron chi connectivity index (χ0n) is 13.7. The van der Waals surface area contributed by atoms with Crippen LogP contribution in [0, 0.1) is 5.92 Å². The molecule has 1 aromatic carbocycles. The second-order valence-corrected chi connectivity index (χ2v) is 6.05. The fraction of sp³-hybridized carbons (Fsp3) is 0.529. The molecule has 3 amide bonds. The van der Waals surface area contributed by atoms with Crippen LogP contribution in [0.2, 0.25) is 0 Å². The molecule has 23 heavy (non-hydrogen) atoms. The van der Waals surface area contributed by atoms with Crippen molar-refractivity contribution in [2.24, 2.45) is 11.7 Å². The van der Waals surface area contributed by atoms with Crippen molar-refractivity contribution in [3.63, 3.8) is 0 Å². The normalized spacial score (nSPS) is 19.8. The highest BCUT2D eigenvalue weighted by atomic mass is 16.5. The number of para-hydroxylation sites is 1. The fourth-order valence-electron chi connectivity index (χ4n) is 3.19. The summed E-state index contributed by atoms with van der Waals surface area (Å²) in [6.45, 7) is 3.49. The van der Waals surface area contributed by atoms with Gasteiger partial charge in [-0.2, -0.15) is 0 Å². The van der Waals surface area contributed by atoms with Crippen molar-refractivity contribution in [2.45, 2.75) is 32.2 Å². The van der Waals surface area contributed by atoms with Crippen molar-refractivity contribution in [1.82, 2.24) is 10.2 Å². The molecule has 1 aliphatic rings. The molecule has 1 saturated heterocycles. The van der Waals surface area contributed by atoms with Crippen LogP contribution < -0.4 is 15.8 Å². The number of likely N-dealkylation sites (tertiary alicyclic amines) is 1. The van der Waals surface area contributed by atoms with Gasteiger partial charge in [0.15, 0.2) is 0 Å². The van der Waals surface area contributed by atoms with Gasteiger partial charge in [-0.1, -0.05) is 18.2 Å². The van der Waals surface area contributed by atoms with Gasteiger partial charge in [-0.3, -0.25) is 15.0 Å². The van der Waals surface area contributed by atoms with Crippen LogP contribution in [0.5, 0.6) is 5.75 Å². The number of imide groups is 1. The van der Waals surface area contributed by atoms with E-state index in [0.29, 0.717) is 5.92 Å². The first-order valence-electron chi connectivity index (χ1n) is 7.97. The highest BCUT2D eigenvalue weighted by Crippen LogP contribution is 2.26. The molecule has 0 spiro atoms. The first kappa shape index (κ1) is 17.3. The molecule has 126 valence electrons. The second kappa shape index (κ2) is 7.97. The van der Waals surface area contributed by atoms with Crippen molar-refractivity contribution in [3.05, 3.63) is 29.8 Å². The molecule has 0 aliphatic carbocycles. The maximum absolute atomic E-state index is 11.9. The molecule has 2 rings (SSSR count). The van der Waals surface area contributed by atoms with E-state index in [1.807, 2.05) is 25.1 Å². The highest BCUT2D eigenvalue weighted by Gasteiger charge is 2.28. The summed E-state index contributed by atoms with van der Waals surface area (Å²) in [5.74, 6) is 1.03. The summed E-state index contributed by atoms with van der Waals surface area (Å²) < 4.78 is 5.41. The SMILES string of the molecule is COc1ccccc1C[C@H]1CCCN([C@@H](C)C(=O)NC(N)=O)C1. The van der Waals surface area contributed by atoms with Gasteiger partial charge in [0, 0.05) is 6.54 Å². The van der Waals surface area contributed by atoms with Crippen LogP contribution in [0.15, 0.2) is 24.3 Å². The van der Waals surface area contributed by atoms with E-state index in [9.17, 15) is 9.59 Å². The molecule has 0 saturated carbocycles. The Morgan fingerprint density at radius 3 is 2.87 bits per heavy atom. The molecule has 3 N–H and O–H groups in total. The fourth-order valence-corrected chi connectivity index (χ4v) is 3.19. The van der Waals surface area contributed by atoms with Crippen molar-refractivity contribution >= 4 is 11.9 Å². The van der Waals surface area contributed by atoms with Gasteiger partial charge in [-0.15, -0.1) is 0 Å². The van der Waals surface area contributed by atoms with E-state index < -0.39 is 6.03 Å². The van der Waals surface area contributed by atoms with Crippen LogP contribution in [-0.2, 0) is 11.2 Å². The number of rotatable bonds is 5. The predicted molar refractivity (Wildman–Crippen MR) is 88.2 cm³/mol. The van der Waals surface area contributed by atoms with Crippen LogP contribution in [0.25, 0.3) is 0 Å². The van der Waals surface area contributed by atoms with E-state index in [1.165, 1.54) is 5.56 Å². The van der Waals surface area contributed by atoms with Crippen LogP contribution in [0.4, 0.5) is 4.79 Å². The lowest BCUT2D eigenvalue weighted by atomic mass is 9.90. The molecule has 1 heterocycles. The molecule has 6 nitrogen and oxygen atoms in total. The quantitative estimate of drug-likeness (QED) is 0.862. The molecule has 1 fully saturated rings. The first-order chi connectivity index (χ1) is 11.0. The summed E-state index contributed by atoms with van der Waals surface area (Å²) in [4.78, 5) is 24.9. The van der Waals surface area contributed by atoms with E-state index in [2.05, 4.69) is 16.3 Å². The number of carbonyl (C=O) groups is 2. The molecule has 6 heteroatoms. The number of hydrogen-bond donors (Lipinski definition) is 2. The largest absolute Gasteiger partial charge is 0.496 e. The maximum atomic E-state index is 11.9. The van der Waals surface area contributed by atoms with Crippen LogP contribution in [-0.4, -0.2) is 43.1 Å². The summed E-state index contributed by atoms with van der Waals surface area (Å²) in [6, 6.07) is 6.87. The Bertz CT molecular complexity index is 562. The number of amides is 3. The molecule has 2 atom stereocenters. The number of primary amides is 1. The highest BCUT2D eigenvalue weighted by molar-refractivity contribution is 5.96. The van der Waals surface area contributed by atoms with Gasteiger partial charge in [0.2, 0.25) is 5.91 Å². The number of nitrogens with one attached hydrogen (secondary N) is 1. The minimum absolute atomic E-state index is 0.338. The summed E-state index contributed by atoms with van der Waals surface area (Å²) in [5, 5.41) is 2.16. The van der Waals surface area contributed by atoms with E-state index >= 15 is 0 Å². The maximum Gasteiger partial charge on any atom is 0.318 e. The summed E-state index contributed by atoms with van der Waals surface area (Å²) in [7, 11) is 1.68. The molecule has 0 aromatic heterocycles. The molecular formula is C17H25N3O3. The van der Waals surface area contributed by atoms with E-state index in [0.717, 1.165) is 38.1 Å². The third kappa shape index (κ3) is 4.69. The third-order valence-corrected chi connectivity index (χ3v) is 4.43. The van der Waals surface area contributed by atoms with Gasteiger partial charge < -0.3 is 10.5 Å². The molecular weight excluding hydrogens is 294 g/mol. The van der Waals surface area contributed by atoms with E-state index in [4.69, 9.17) is 10.5 Å². The number of benzene rings is 1. The zero-order chi connectivity index (χ0) is 16.8. The smallest absolute Gasteiger partial charge is 0.318 e. The third-order valence-electron chi connectivity index (χ3n) is 4.43. The van der Waals surface area contributed by atoms with Gasteiger partial charge in [0.25, 0.3) is 0 Å². The van der Waals surface area contributed by atoms with Crippen molar-refractivity contribution in [2.75, 3.05) is 20.2 Å². The topological polar surface area (TPSA) is 84.7 Å². The van der Waals surface area contributed by atoms with Gasteiger partial charge in [-0.25, -0.2) is 4.79 Å². The predicted octanol–water partition coefficient (Wildman–Crippen LogP) is 1.53. The Balaban J connectivity index is 1.97. The lowest BCUT2D eigenvalue weighted by molar-refractivity contribution is -0.125. The Hall–Kier alpha value is -2.08. The molecule has 1 aliphatic heterocycles. The Kier molecular flexibility index (Phi) is 5.98. The standard InChI is InChI=1S/C17H25N3O3/c1-12(16(21)19-17(18)22)20-9-5-6-13(11-20)10-14-7-3-4-8-15(14)23-2/h3-4,7-8,12-13H,5-6,9-11H2,1-2H3,(H3,18,19,21,22)/t12-,13+/m0/s1. The number of piperidine rings is 1. The summed E-state index contributed by atoms with van der Waals surface area (Å²) in [5.41, 5.74) is 6.21. The minimum Gasteiger partial charge on any atom is -0.496 e. The number of hydrogen-bond acceptors (Lipinski definition) is 4. The van der Waals surface area contributed by atoms with Gasteiger partial charge in [0.05, 0.1) is 13.2 Å². The van der Waals surface area contributed by atoms with Crippen LogP contribution in [0.3, 0.4) is 0 Å². The number of urea groups is 1. The molecule has 0 radical (unpaired) electrons. The number of carbonyl (C=O) groups excluding carboxylic acids is 2. The number of methoxy groups -OCH3 is 1. The summed E-state index contributed by atoms with van der Waals surface area (Å²) in [6.07, 6.45) is 3.08. The van der Waals surface area contributed by atoms with Crippen LogP contribution in [0.1, 0.15) is 25.3 Å². The number of ether oxygens (including phenoxy) is 1. The Labute approximate surface area is 137 Å². The lowest BCUT2D eigenvalue weighted by Crippen LogP contribution is -2.51. The van der Waals surface area contributed by atoms with Crippen molar-refractivity contribution in [1.29, 1.82) is 0 Å². The van der Waals surface area contributed by atoms with Crippen molar-refractivity contribution in [3.8, 4) is 5.75 Å².